The number of carbonyl (C=O) groups excluding carboxylic acids is 2. The van der Waals surface area contributed by atoms with Gasteiger partial charge in [-0.2, -0.15) is 0 Å². The van der Waals surface area contributed by atoms with Crippen molar-refractivity contribution >= 4 is 19.8 Å². The normalized spacial score (nSPS) is 38.4. The molecule has 0 bridgehead atoms. The zero-order valence-corrected chi connectivity index (χ0v) is 27.1. The van der Waals surface area contributed by atoms with Crippen molar-refractivity contribution in [3.05, 3.63) is 94.6 Å². The molecule has 244 valence electrons. The van der Waals surface area contributed by atoms with E-state index in [-0.39, 0.29) is 36.6 Å². The maximum Gasteiger partial charge on any atom is 0.317 e. The lowest BCUT2D eigenvalue weighted by atomic mass is 9.46. The van der Waals surface area contributed by atoms with Crippen molar-refractivity contribution in [2.24, 2.45) is 28.6 Å². The number of hydrogen-bond donors (Lipinski definition) is 3. The van der Waals surface area contributed by atoms with E-state index in [0.29, 0.717) is 12.8 Å². The van der Waals surface area contributed by atoms with Crippen molar-refractivity contribution in [3.8, 4) is 0 Å². The Kier molecular flexibility index (Phi) is 8.12. The van der Waals surface area contributed by atoms with Gasteiger partial charge < -0.3 is 29.1 Å². The van der Waals surface area contributed by atoms with Gasteiger partial charge in [0.15, 0.2) is 23.5 Å². The van der Waals surface area contributed by atoms with Crippen LogP contribution in [0.15, 0.2) is 72.3 Å². The summed E-state index contributed by atoms with van der Waals surface area (Å²) in [4.78, 5) is 35.9. The average Bonchev–Trinajstić information content (AvgIpc) is 3.53. The fraction of sp³-hybridized carbons (Fsp3) is 0.500. The highest BCUT2D eigenvalue weighted by molar-refractivity contribution is 7.32. The van der Waals surface area contributed by atoms with Crippen molar-refractivity contribution in [1.82, 2.24) is 0 Å². The summed E-state index contributed by atoms with van der Waals surface area (Å²) in [5, 5.41) is 21.3. The van der Waals surface area contributed by atoms with Crippen molar-refractivity contribution in [2.45, 2.75) is 76.7 Å². The second-order valence-electron chi connectivity index (χ2n) is 14.1. The molecule has 4 fully saturated rings. The summed E-state index contributed by atoms with van der Waals surface area (Å²) in [5.74, 6) is -0.590. The van der Waals surface area contributed by atoms with Crippen molar-refractivity contribution in [3.63, 3.8) is 0 Å². The van der Waals surface area contributed by atoms with Crippen LogP contribution in [0.5, 0.6) is 0 Å². The molecular formula is C36H41O9P. The largest absolute Gasteiger partial charge is 0.393 e. The maximum atomic E-state index is 14.2. The Morgan fingerprint density at radius 1 is 1.11 bits per heavy atom. The minimum Gasteiger partial charge on any atom is -0.393 e. The smallest absolute Gasteiger partial charge is 0.317 e. The standard InChI is InChI=1S/C36H41O9P/c1-34-13-12-26(38)16-25(34)10-11-27-28-17-31-36(30(40)20-43-46(41)42,35(28,2)18-29(39)32(27)34)45-33(44-31)24-5-3-4-23(15-24)14-21-6-8-22(19-37)9-7-21/h3-9,12-13,15-16,27-29,31-33,37,39,46H,10-11,14,17-20H2,1-2H3,(H,41,42)/t27-,28-,29-,31+,32+,33+,34-,35-,36+/m0/s1. The minimum atomic E-state index is -3.37. The molecule has 0 radical (unpaired) electrons. The molecule has 1 heterocycles. The number of fused-ring (bicyclic) bond motifs is 7. The highest BCUT2D eigenvalue weighted by Crippen LogP contribution is 2.70. The quantitative estimate of drug-likeness (QED) is 0.345. The second kappa shape index (κ2) is 11.7. The number of rotatable bonds is 8. The third-order valence-corrected chi connectivity index (χ3v) is 12.2. The summed E-state index contributed by atoms with van der Waals surface area (Å²) in [6.07, 6.45) is 5.97. The fourth-order valence-corrected chi connectivity index (χ4v) is 10.1. The summed E-state index contributed by atoms with van der Waals surface area (Å²) in [7, 11) is -3.37. The first-order chi connectivity index (χ1) is 22.0. The minimum absolute atomic E-state index is 0.0121. The molecule has 0 amide bonds. The topological polar surface area (TPSA) is 140 Å². The molecule has 0 aromatic heterocycles. The SMILES string of the molecule is C[C@]12C=CC(=O)C=C1CC[C@@H]1[C@@H]2[C@@H](O)C[C@@]2(C)[C@H]1C[C@H]1O[C@@H](c3cccc(Cc4ccc(CO)cc4)c3)O[C@]12C(=O)CO[PH](=O)O. The Labute approximate surface area is 269 Å². The average molecular weight is 649 g/mol. The predicted molar refractivity (Wildman–Crippen MR) is 169 cm³/mol. The summed E-state index contributed by atoms with van der Waals surface area (Å²) in [5.41, 5.74) is 1.97. The van der Waals surface area contributed by atoms with Gasteiger partial charge >= 0.3 is 8.25 Å². The predicted octanol–water partition coefficient (Wildman–Crippen LogP) is 4.78. The summed E-state index contributed by atoms with van der Waals surface area (Å²) in [6, 6.07) is 15.6. The van der Waals surface area contributed by atoms with Gasteiger partial charge in [-0.3, -0.25) is 14.2 Å². The molecule has 7 rings (SSSR count). The molecule has 10 atom stereocenters. The summed E-state index contributed by atoms with van der Waals surface area (Å²) >= 11 is 0. The van der Waals surface area contributed by atoms with Crippen LogP contribution in [0.1, 0.15) is 68.1 Å². The molecule has 4 aliphatic carbocycles. The number of Topliss-reactive ketones (excluding diaryl/α,β-unsaturated/α-hetero) is 1. The van der Waals surface area contributed by atoms with Crippen LogP contribution in [0.25, 0.3) is 0 Å². The van der Waals surface area contributed by atoms with Gasteiger partial charge in [0.1, 0.15) is 6.61 Å². The van der Waals surface area contributed by atoms with E-state index in [2.05, 4.69) is 6.92 Å². The molecule has 0 spiro atoms. The maximum absolute atomic E-state index is 14.2. The lowest BCUT2D eigenvalue weighted by Gasteiger charge is -2.59. The molecule has 2 aromatic carbocycles. The number of ether oxygens (including phenoxy) is 2. The van der Waals surface area contributed by atoms with E-state index in [1.54, 1.807) is 12.2 Å². The Morgan fingerprint density at radius 3 is 2.61 bits per heavy atom. The Morgan fingerprint density at radius 2 is 1.87 bits per heavy atom. The van der Waals surface area contributed by atoms with Gasteiger partial charge in [-0.25, -0.2) is 0 Å². The molecule has 5 aliphatic rings. The number of benzene rings is 2. The van der Waals surface area contributed by atoms with Crippen LogP contribution in [0.3, 0.4) is 0 Å². The molecular weight excluding hydrogens is 607 g/mol. The number of ketones is 2. The monoisotopic (exact) mass is 648 g/mol. The van der Waals surface area contributed by atoms with Crippen LogP contribution in [0.4, 0.5) is 0 Å². The third kappa shape index (κ3) is 4.95. The van der Waals surface area contributed by atoms with Crippen LogP contribution in [0, 0.1) is 28.6 Å². The Balaban J connectivity index is 1.21. The number of carbonyl (C=O) groups is 2. The van der Waals surface area contributed by atoms with Crippen LogP contribution < -0.4 is 0 Å². The number of aliphatic hydroxyl groups excluding tert-OH is 2. The van der Waals surface area contributed by atoms with Gasteiger partial charge in [-0.05, 0) is 72.8 Å². The second-order valence-corrected chi connectivity index (χ2v) is 15.0. The van der Waals surface area contributed by atoms with E-state index in [1.165, 1.54) is 0 Å². The molecule has 46 heavy (non-hydrogen) atoms. The van der Waals surface area contributed by atoms with E-state index in [9.17, 15) is 29.3 Å². The Hall–Kier alpha value is -2.75. The fourth-order valence-electron chi connectivity index (χ4n) is 9.80. The van der Waals surface area contributed by atoms with E-state index in [0.717, 1.165) is 40.7 Å². The molecule has 1 aliphatic heterocycles. The van der Waals surface area contributed by atoms with Crippen molar-refractivity contribution < 1.29 is 43.3 Å². The highest BCUT2D eigenvalue weighted by Gasteiger charge is 2.76. The number of hydrogen-bond acceptors (Lipinski definition) is 8. The first-order valence-electron chi connectivity index (χ1n) is 16.1. The van der Waals surface area contributed by atoms with E-state index < -0.39 is 55.6 Å². The van der Waals surface area contributed by atoms with E-state index in [1.807, 2.05) is 61.5 Å². The van der Waals surface area contributed by atoms with Gasteiger partial charge in [-0.15, -0.1) is 0 Å². The van der Waals surface area contributed by atoms with E-state index >= 15 is 0 Å². The first-order valence-corrected chi connectivity index (χ1v) is 17.4. The molecule has 9 nitrogen and oxygen atoms in total. The van der Waals surface area contributed by atoms with Crippen molar-refractivity contribution in [1.29, 1.82) is 0 Å². The molecule has 10 heteroatoms. The van der Waals surface area contributed by atoms with E-state index in [4.69, 9.17) is 14.0 Å². The zero-order chi connectivity index (χ0) is 32.4. The molecule has 1 unspecified atom stereocenters. The van der Waals surface area contributed by atoms with Gasteiger partial charge in [0.05, 0.1) is 18.8 Å². The van der Waals surface area contributed by atoms with Gasteiger partial charge in [0.25, 0.3) is 0 Å². The molecule has 2 aromatic rings. The van der Waals surface area contributed by atoms with Crippen molar-refractivity contribution in [2.75, 3.05) is 6.61 Å². The molecule has 3 N–H and O–H groups in total. The Bertz CT molecular complexity index is 1630. The van der Waals surface area contributed by atoms with Crippen LogP contribution in [-0.2, 0) is 41.2 Å². The van der Waals surface area contributed by atoms with Crippen LogP contribution in [-0.4, -0.2) is 51.1 Å². The number of aliphatic hydroxyl groups is 2. The third-order valence-electron chi connectivity index (χ3n) is 11.8. The van der Waals surface area contributed by atoms with Crippen LogP contribution >= 0.6 is 8.25 Å². The molecule has 1 saturated heterocycles. The number of allylic oxidation sites excluding steroid dienone is 4. The lowest BCUT2D eigenvalue weighted by Crippen LogP contribution is -2.63. The molecule has 3 saturated carbocycles. The van der Waals surface area contributed by atoms with Gasteiger partial charge in [0.2, 0.25) is 0 Å². The summed E-state index contributed by atoms with van der Waals surface area (Å²) in [6.45, 7) is 3.50. The summed E-state index contributed by atoms with van der Waals surface area (Å²) < 4.78 is 30.0. The van der Waals surface area contributed by atoms with Gasteiger partial charge in [0, 0.05) is 22.3 Å². The highest BCUT2D eigenvalue weighted by atomic mass is 31.1. The lowest BCUT2D eigenvalue weighted by molar-refractivity contribution is -0.200. The van der Waals surface area contributed by atoms with Gasteiger partial charge in [-0.1, -0.05) is 74.0 Å². The first kappa shape index (κ1) is 31.8. The van der Waals surface area contributed by atoms with Crippen LogP contribution in [0.2, 0.25) is 0 Å². The zero-order valence-electron chi connectivity index (χ0n) is 26.1.